The number of aliphatic hydroxyl groups excluding tert-OH is 7. The van der Waals surface area contributed by atoms with Gasteiger partial charge >= 0.3 is 5.97 Å². The second-order valence-corrected chi connectivity index (χ2v) is 19.1. The van der Waals surface area contributed by atoms with Crippen LogP contribution in [0.15, 0.2) is 11.6 Å². The number of hydrogen-bond donors (Lipinski definition) is 7. The zero-order valence-electron chi connectivity index (χ0n) is 34.4. The molecule has 2 bridgehead atoms. The summed E-state index contributed by atoms with van der Waals surface area (Å²) in [6.07, 6.45) is -7.97. The molecule has 17 heteroatoms. The molecule has 8 aliphatic rings. The SMILES string of the molecule is CO[C@@H]1C[C@H](O[C@@H]2CC[C@]3(C)[C@H](CC[C@@]45CC[C@@H](C6=CC(=O)OC6)[C@@](C)(CC[C@@H]43)C5=O)C2)O[C@H](C)[C@@H]1O[C@@H]1O[C@H](CO[C@@H]2O[C@H](CO)[C@@H](O)[C@H](O)[C@H]2O)[C@@H](O)[C@H](O)[C@H]1O. The third kappa shape index (κ3) is 7.55. The lowest BCUT2D eigenvalue weighted by atomic mass is 9.37. The minimum atomic E-state index is -1.71. The van der Waals surface area contributed by atoms with Gasteiger partial charge in [-0.2, -0.15) is 0 Å². The number of ketones is 1. The lowest BCUT2D eigenvalue weighted by molar-refractivity contribution is -0.355. The molecular formula is C42H64O17. The third-order valence-electron chi connectivity index (χ3n) is 16.1. The summed E-state index contributed by atoms with van der Waals surface area (Å²) >= 11 is 0. The van der Waals surface area contributed by atoms with E-state index < -0.39 is 105 Å². The number of carbonyl (C=O) groups excluding carboxylic acids is 2. The van der Waals surface area contributed by atoms with Crippen molar-refractivity contribution in [2.45, 2.75) is 177 Å². The van der Waals surface area contributed by atoms with Crippen LogP contribution < -0.4 is 0 Å². The Hall–Kier alpha value is -1.68. The minimum Gasteiger partial charge on any atom is -0.458 e. The average molecular weight is 841 g/mol. The molecule has 0 aromatic rings. The van der Waals surface area contributed by atoms with Crippen LogP contribution in [0.25, 0.3) is 0 Å². The van der Waals surface area contributed by atoms with Crippen LogP contribution in [0.2, 0.25) is 0 Å². The highest BCUT2D eigenvalue weighted by atomic mass is 16.8. The topological polar surface area (TPSA) is 250 Å². The van der Waals surface area contributed by atoms with E-state index >= 15 is 0 Å². The van der Waals surface area contributed by atoms with Crippen molar-refractivity contribution >= 4 is 11.8 Å². The van der Waals surface area contributed by atoms with E-state index in [1.165, 1.54) is 7.11 Å². The first-order valence-electron chi connectivity index (χ1n) is 21.6. The van der Waals surface area contributed by atoms with Crippen molar-refractivity contribution in [3.8, 4) is 0 Å². The molecule has 17 nitrogen and oxygen atoms in total. The van der Waals surface area contributed by atoms with E-state index in [-0.39, 0.29) is 28.8 Å². The first kappa shape index (κ1) is 43.9. The monoisotopic (exact) mass is 840 g/mol. The normalized spacial score (nSPS) is 52.6. The minimum absolute atomic E-state index is 0.0130. The molecule has 4 aliphatic heterocycles. The van der Waals surface area contributed by atoms with E-state index in [0.29, 0.717) is 30.6 Å². The summed E-state index contributed by atoms with van der Waals surface area (Å²) in [7, 11) is 1.54. The van der Waals surface area contributed by atoms with Crippen molar-refractivity contribution in [2.75, 3.05) is 26.9 Å². The molecule has 8 rings (SSSR count). The highest BCUT2D eigenvalue weighted by Gasteiger charge is 2.68. The molecule has 59 heavy (non-hydrogen) atoms. The van der Waals surface area contributed by atoms with Gasteiger partial charge in [0, 0.05) is 30.4 Å². The zero-order chi connectivity index (χ0) is 42.2. The first-order chi connectivity index (χ1) is 28.0. The van der Waals surface area contributed by atoms with Crippen LogP contribution in [0.4, 0.5) is 0 Å². The molecule has 1 spiro atoms. The van der Waals surface area contributed by atoms with Crippen LogP contribution in [-0.4, -0.2) is 167 Å². The van der Waals surface area contributed by atoms with Gasteiger partial charge in [0.2, 0.25) is 0 Å². The van der Waals surface area contributed by atoms with Crippen molar-refractivity contribution in [1.82, 2.24) is 0 Å². The fraction of sp³-hybridized carbons (Fsp3) is 0.905. The number of Topliss-reactive ketones (excluding diaryl/α,β-unsaturated/α-hetero) is 1. The highest BCUT2D eigenvalue weighted by molar-refractivity contribution is 5.93. The van der Waals surface area contributed by atoms with Gasteiger partial charge in [-0.05, 0) is 93.5 Å². The maximum atomic E-state index is 14.6. The highest BCUT2D eigenvalue weighted by Crippen LogP contribution is 2.70. The van der Waals surface area contributed by atoms with Crippen molar-refractivity contribution in [3.05, 3.63) is 11.6 Å². The van der Waals surface area contributed by atoms with Gasteiger partial charge in [0.25, 0.3) is 0 Å². The van der Waals surface area contributed by atoms with Gasteiger partial charge in [0.1, 0.15) is 67.3 Å². The summed E-state index contributed by atoms with van der Waals surface area (Å²) in [6, 6.07) is 0. The number of rotatable bonds is 10. The molecule has 0 unspecified atom stereocenters. The van der Waals surface area contributed by atoms with Crippen molar-refractivity contribution in [3.63, 3.8) is 0 Å². The fourth-order valence-electron chi connectivity index (χ4n) is 12.7. The van der Waals surface area contributed by atoms with Gasteiger partial charge in [-0.15, -0.1) is 0 Å². The van der Waals surface area contributed by atoms with Crippen molar-refractivity contribution < 1.29 is 83.2 Å². The molecule has 0 radical (unpaired) electrons. The maximum Gasteiger partial charge on any atom is 0.331 e. The smallest absolute Gasteiger partial charge is 0.331 e. The summed E-state index contributed by atoms with van der Waals surface area (Å²) in [4.78, 5) is 26.6. The summed E-state index contributed by atoms with van der Waals surface area (Å²) in [5.74, 6) is 0.866. The number of hydrogen-bond acceptors (Lipinski definition) is 17. The van der Waals surface area contributed by atoms with Crippen LogP contribution in [-0.2, 0) is 47.5 Å². The lowest BCUT2D eigenvalue weighted by Crippen LogP contribution is -2.64. The van der Waals surface area contributed by atoms with Crippen LogP contribution in [0.5, 0.6) is 0 Å². The predicted octanol–water partition coefficient (Wildman–Crippen LogP) is -0.00400. The number of esters is 1. The Morgan fingerprint density at radius 1 is 0.780 bits per heavy atom. The van der Waals surface area contributed by atoms with E-state index in [2.05, 4.69) is 13.8 Å². The molecule has 3 saturated heterocycles. The Balaban J connectivity index is 0.863. The van der Waals surface area contributed by atoms with Gasteiger partial charge in [-0.3, -0.25) is 4.79 Å². The van der Waals surface area contributed by atoms with E-state index in [0.717, 1.165) is 63.4 Å². The second kappa shape index (κ2) is 16.8. The summed E-state index contributed by atoms with van der Waals surface area (Å²) in [5.41, 5.74) is 0.201. The van der Waals surface area contributed by atoms with Crippen molar-refractivity contribution in [2.24, 2.45) is 34.0 Å². The molecule has 0 amide bonds. The molecular weight excluding hydrogens is 776 g/mol. The van der Waals surface area contributed by atoms with Gasteiger partial charge in [0.15, 0.2) is 18.9 Å². The van der Waals surface area contributed by atoms with Gasteiger partial charge in [-0.25, -0.2) is 4.79 Å². The van der Waals surface area contributed by atoms with E-state index in [1.54, 1.807) is 13.0 Å². The number of aliphatic hydroxyl groups is 7. The summed E-state index contributed by atoms with van der Waals surface area (Å²) in [5, 5.41) is 72.4. The number of ether oxygens (including phenoxy) is 8. The number of cyclic esters (lactones) is 1. The van der Waals surface area contributed by atoms with Gasteiger partial charge < -0.3 is 73.6 Å². The number of methoxy groups -OCH3 is 1. The molecule has 4 saturated carbocycles. The standard InChI is InChI=1S/C42H64O17/c1-19-36(59-38-35(50)33(48)31(46)26(58-38)18-54-37-34(49)32(47)30(45)25(16-43)57-37)24(52-4)15-29(55-19)56-22-6-9-40(2)21(14-22)5-11-42-12-7-23(20-13-28(44)53-17-20)41(3,39(42)51)10-8-27(40)42/h13,19,21-27,29-38,43,45-50H,5-12,14-18H2,1-4H3/t19-,21-,22-,23+,24-,25-,26-,27-,29+,30-,31-,32+,33+,34-,35-,36+,37-,38+,40-,41-,42-/m1/s1. The fourth-order valence-corrected chi connectivity index (χ4v) is 12.7. The first-order valence-corrected chi connectivity index (χ1v) is 21.6. The van der Waals surface area contributed by atoms with Gasteiger partial charge in [0.05, 0.1) is 31.5 Å². The Morgan fingerprint density at radius 2 is 1.47 bits per heavy atom. The van der Waals surface area contributed by atoms with E-state index in [4.69, 9.17) is 37.9 Å². The van der Waals surface area contributed by atoms with E-state index in [1.807, 2.05) is 0 Å². The number of fused-ring (bicyclic) bond motifs is 3. The summed E-state index contributed by atoms with van der Waals surface area (Å²) < 4.78 is 47.2. The van der Waals surface area contributed by atoms with E-state index in [9.17, 15) is 45.3 Å². The Morgan fingerprint density at radius 3 is 2.17 bits per heavy atom. The average Bonchev–Trinajstić information content (AvgIpc) is 3.64. The van der Waals surface area contributed by atoms with Crippen LogP contribution in [0, 0.1) is 34.0 Å². The lowest BCUT2D eigenvalue weighted by Gasteiger charge is -2.66. The van der Waals surface area contributed by atoms with Crippen LogP contribution >= 0.6 is 0 Å². The van der Waals surface area contributed by atoms with Crippen LogP contribution in [0.1, 0.15) is 85.0 Å². The van der Waals surface area contributed by atoms with Crippen molar-refractivity contribution in [1.29, 1.82) is 0 Å². The largest absolute Gasteiger partial charge is 0.458 e. The summed E-state index contributed by atoms with van der Waals surface area (Å²) in [6.45, 7) is 5.49. The molecule has 7 N–H and O–H groups in total. The van der Waals surface area contributed by atoms with Crippen LogP contribution in [0.3, 0.4) is 0 Å². The molecule has 7 fully saturated rings. The molecule has 4 heterocycles. The Labute approximate surface area is 344 Å². The Bertz CT molecular complexity index is 1580. The molecule has 334 valence electrons. The maximum absolute atomic E-state index is 14.6. The molecule has 4 aliphatic carbocycles. The Kier molecular flexibility index (Phi) is 12.5. The predicted molar refractivity (Wildman–Crippen MR) is 201 cm³/mol. The zero-order valence-corrected chi connectivity index (χ0v) is 34.4. The number of carbonyl (C=O) groups is 2. The van der Waals surface area contributed by atoms with Gasteiger partial charge in [-0.1, -0.05) is 13.8 Å². The quantitative estimate of drug-likeness (QED) is 0.113. The second-order valence-electron chi connectivity index (χ2n) is 19.1. The molecule has 0 aromatic heterocycles. The molecule has 21 atom stereocenters. The molecule has 0 aromatic carbocycles. The third-order valence-corrected chi connectivity index (χ3v) is 16.1.